The van der Waals surface area contributed by atoms with Crippen LogP contribution in [-0.4, -0.2) is 34.7 Å². The van der Waals surface area contributed by atoms with E-state index in [4.69, 9.17) is 0 Å². The number of aryl methyl sites for hydroxylation is 1. The van der Waals surface area contributed by atoms with Gasteiger partial charge in [-0.1, -0.05) is 12.7 Å². The topological polar surface area (TPSA) is 62.3 Å². The molecule has 0 saturated carbocycles. The number of carbonyl (C=O) groups excluding carboxylic acids is 2. The van der Waals surface area contributed by atoms with Gasteiger partial charge in [-0.2, -0.15) is 0 Å². The minimum atomic E-state index is 0.0589. The van der Waals surface area contributed by atoms with Crippen LogP contribution in [0.15, 0.2) is 48.8 Å². The lowest BCUT2D eigenvalue weighted by molar-refractivity contribution is -0.125. The molecule has 5 nitrogen and oxygen atoms in total. The standard InChI is InChI=1S/C25H25N3O2S/c1-15-3-5-18-9-17(12-26-25(18)27-15)4-8-24(30)28-13-20-10-19(11-21(20)14-28)23-7-6-22(31-23)16(2)29/h4,6-10,12,20-21H,1,3,5,11,13-14H2,2H3,(H,26,27)/b8-4+. The summed E-state index contributed by atoms with van der Waals surface area (Å²) < 4.78 is 0. The smallest absolute Gasteiger partial charge is 0.246 e. The number of anilines is 1. The van der Waals surface area contributed by atoms with Crippen molar-refractivity contribution in [1.82, 2.24) is 9.88 Å². The van der Waals surface area contributed by atoms with Gasteiger partial charge in [0.25, 0.3) is 0 Å². The van der Waals surface area contributed by atoms with Gasteiger partial charge >= 0.3 is 0 Å². The molecule has 0 spiro atoms. The van der Waals surface area contributed by atoms with E-state index in [1.165, 1.54) is 10.5 Å². The molecular weight excluding hydrogens is 406 g/mol. The fourth-order valence-electron chi connectivity index (χ4n) is 4.68. The number of fused-ring (bicyclic) bond motifs is 2. The highest BCUT2D eigenvalue weighted by Gasteiger charge is 2.38. The Labute approximate surface area is 186 Å². The van der Waals surface area contributed by atoms with Crippen molar-refractivity contribution >= 4 is 40.5 Å². The van der Waals surface area contributed by atoms with Crippen molar-refractivity contribution in [1.29, 1.82) is 0 Å². The Bertz CT molecular complexity index is 1140. The fraction of sp³-hybridized carbons (Fsp3) is 0.320. The van der Waals surface area contributed by atoms with Crippen molar-refractivity contribution in [2.45, 2.75) is 26.2 Å². The minimum absolute atomic E-state index is 0.0589. The number of ketones is 1. The number of rotatable bonds is 4. The largest absolute Gasteiger partial charge is 0.344 e. The number of Topliss-reactive ketones (excluding diaryl/α,β-unsaturated/α-hetero) is 1. The van der Waals surface area contributed by atoms with Crippen molar-refractivity contribution in [3.05, 3.63) is 69.7 Å². The summed E-state index contributed by atoms with van der Waals surface area (Å²) >= 11 is 1.57. The first kappa shape index (κ1) is 19.9. The van der Waals surface area contributed by atoms with Crippen LogP contribution >= 0.6 is 11.3 Å². The Balaban J connectivity index is 1.22. The maximum absolute atomic E-state index is 12.7. The van der Waals surface area contributed by atoms with E-state index >= 15 is 0 Å². The van der Waals surface area contributed by atoms with Crippen molar-refractivity contribution in [2.75, 3.05) is 18.4 Å². The average molecular weight is 432 g/mol. The summed E-state index contributed by atoms with van der Waals surface area (Å²) in [6.45, 7) is 7.12. The zero-order valence-electron chi connectivity index (χ0n) is 17.6. The van der Waals surface area contributed by atoms with Gasteiger partial charge in [-0.05, 0) is 79.0 Å². The third kappa shape index (κ3) is 4.00. The number of hydrogen-bond donors (Lipinski definition) is 1. The van der Waals surface area contributed by atoms with Gasteiger partial charge in [0.05, 0.1) is 4.88 Å². The number of amides is 1. The Hall–Kier alpha value is -2.99. The van der Waals surface area contributed by atoms with E-state index in [2.05, 4.69) is 35.1 Å². The van der Waals surface area contributed by atoms with E-state index in [-0.39, 0.29) is 11.7 Å². The van der Waals surface area contributed by atoms with Gasteiger partial charge in [0.2, 0.25) is 5.91 Å². The van der Waals surface area contributed by atoms with E-state index in [0.29, 0.717) is 11.8 Å². The molecule has 1 amide bonds. The van der Waals surface area contributed by atoms with Crippen molar-refractivity contribution < 1.29 is 9.59 Å². The summed E-state index contributed by atoms with van der Waals surface area (Å²) in [5.41, 5.74) is 4.43. The summed E-state index contributed by atoms with van der Waals surface area (Å²) in [5.74, 6) is 1.92. The van der Waals surface area contributed by atoms with Gasteiger partial charge in [-0.15, -0.1) is 11.3 Å². The zero-order chi connectivity index (χ0) is 21.5. The molecule has 1 N–H and O–H groups in total. The Kier molecular flexibility index (Phi) is 5.10. The molecule has 1 fully saturated rings. The summed E-state index contributed by atoms with van der Waals surface area (Å²) in [5, 5.41) is 3.22. The van der Waals surface area contributed by atoms with Crippen LogP contribution in [0.4, 0.5) is 5.82 Å². The number of pyridine rings is 1. The summed E-state index contributed by atoms with van der Waals surface area (Å²) in [4.78, 5) is 32.7. The molecule has 5 rings (SSSR count). The maximum Gasteiger partial charge on any atom is 0.246 e. The number of carbonyl (C=O) groups is 2. The molecule has 1 saturated heterocycles. The van der Waals surface area contributed by atoms with Crippen LogP contribution in [0.1, 0.15) is 45.4 Å². The highest BCUT2D eigenvalue weighted by Crippen LogP contribution is 2.42. The molecule has 2 atom stereocenters. The summed E-state index contributed by atoms with van der Waals surface area (Å²) in [7, 11) is 0. The molecule has 2 unspecified atom stereocenters. The molecule has 2 aromatic heterocycles. The highest BCUT2D eigenvalue weighted by atomic mass is 32.1. The third-order valence-electron chi connectivity index (χ3n) is 6.37. The number of thiophene rings is 1. The molecule has 158 valence electrons. The van der Waals surface area contributed by atoms with Crippen LogP contribution in [0.5, 0.6) is 0 Å². The van der Waals surface area contributed by atoms with Crippen molar-refractivity contribution in [3.63, 3.8) is 0 Å². The van der Waals surface area contributed by atoms with E-state index in [0.717, 1.165) is 59.9 Å². The van der Waals surface area contributed by atoms with Gasteiger partial charge in [0, 0.05) is 35.9 Å². The predicted molar refractivity (Wildman–Crippen MR) is 125 cm³/mol. The second-order valence-corrected chi connectivity index (χ2v) is 9.71. The molecule has 2 aromatic rings. The lowest BCUT2D eigenvalue weighted by atomic mass is 10.00. The van der Waals surface area contributed by atoms with Crippen LogP contribution in [-0.2, 0) is 11.2 Å². The maximum atomic E-state index is 12.7. The van der Waals surface area contributed by atoms with Gasteiger partial charge in [-0.3, -0.25) is 9.59 Å². The Morgan fingerprint density at radius 2 is 2.16 bits per heavy atom. The van der Waals surface area contributed by atoms with Crippen LogP contribution in [0.3, 0.4) is 0 Å². The lowest BCUT2D eigenvalue weighted by Gasteiger charge is -2.19. The molecule has 4 heterocycles. The number of aromatic nitrogens is 1. The normalized spacial score (nSPS) is 22.3. The number of allylic oxidation sites excluding steroid dienone is 2. The van der Waals surface area contributed by atoms with E-state index in [1.807, 2.05) is 17.0 Å². The molecule has 0 radical (unpaired) electrons. The summed E-state index contributed by atoms with van der Waals surface area (Å²) in [6.07, 6.45) is 10.4. The first-order valence-electron chi connectivity index (χ1n) is 10.7. The van der Waals surface area contributed by atoms with Crippen molar-refractivity contribution in [2.24, 2.45) is 11.8 Å². The van der Waals surface area contributed by atoms with E-state index in [1.54, 1.807) is 30.5 Å². The van der Waals surface area contributed by atoms with Crippen LogP contribution in [0.25, 0.3) is 11.6 Å². The quantitative estimate of drug-likeness (QED) is 0.558. The van der Waals surface area contributed by atoms with E-state index in [9.17, 15) is 9.59 Å². The highest BCUT2D eigenvalue weighted by molar-refractivity contribution is 7.15. The predicted octanol–water partition coefficient (Wildman–Crippen LogP) is 4.79. The van der Waals surface area contributed by atoms with Crippen LogP contribution < -0.4 is 5.32 Å². The first-order valence-corrected chi connectivity index (χ1v) is 11.5. The number of likely N-dealkylation sites (tertiary alicyclic amines) is 1. The van der Waals surface area contributed by atoms with E-state index < -0.39 is 0 Å². The third-order valence-corrected chi connectivity index (χ3v) is 7.63. The molecular formula is C25H25N3O2S. The van der Waals surface area contributed by atoms with Gasteiger partial charge in [-0.25, -0.2) is 4.98 Å². The summed E-state index contributed by atoms with van der Waals surface area (Å²) in [6, 6.07) is 6.06. The van der Waals surface area contributed by atoms with Crippen LogP contribution in [0.2, 0.25) is 0 Å². The second-order valence-electron chi connectivity index (χ2n) is 8.62. The molecule has 31 heavy (non-hydrogen) atoms. The van der Waals surface area contributed by atoms with Gasteiger partial charge in [0.1, 0.15) is 5.82 Å². The zero-order valence-corrected chi connectivity index (χ0v) is 18.4. The monoisotopic (exact) mass is 431 g/mol. The fourth-order valence-corrected chi connectivity index (χ4v) is 5.62. The van der Waals surface area contributed by atoms with Gasteiger partial charge in [0.15, 0.2) is 5.78 Å². The number of nitrogens with one attached hydrogen (secondary N) is 1. The lowest BCUT2D eigenvalue weighted by Crippen LogP contribution is -2.27. The van der Waals surface area contributed by atoms with Gasteiger partial charge < -0.3 is 10.2 Å². The van der Waals surface area contributed by atoms with Crippen molar-refractivity contribution in [3.8, 4) is 0 Å². The molecule has 1 aliphatic carbocycles. The second kappa shape index (κ2) is 7.93. The Morgan fingerprint density at radius 1 is 1.29 bits per heavy atom. The van der Waals surface area contributed by atoms with Crippen LogP contribution in [0, 0.1) is 11.8 Å². The number of nitrogens with zero attached hydrogens (tertiary/aromatic N) is 2. The molecule has 2 aliphatic heterocycles. The number of hydrogen-bond acceptors (Lipinski definition) is 5. The average Bonchev–Trinajstić information content (AvgIpc) is 3.46. The molecule has 6 heteroatoms. The molecule has 3 aliphatic rings. The molecule has 0 aromatic carbocycles. The molecule has 0 bridgehead atoms. The first-order chi connectivity index (χ1) is 15.0. The minimum Gasteiger partial charge on any atom is -0.344 e. The SMILES string of the molecule is C=C1CCc2cc(/C=C/C(=O)N3CC4C=C(c5ccc(C(C)=O)s5)CC4C3)cnc2N1. The Morgan fingerprint density at radius 3 is 2.94 bits per heavy atom.